The van der Waals surface area contributed by atoms with Gasteiger partial charge in [0.1, 0.15) is 0 Å². The number of carboxylic acid groups (broad SMARTS) is 1. The molecule has 3 nitrogen and oxygen atoms in total. The molecule has 0 aromatic carbocycles. The van der Waals surface area contributed by atoms with Crippen molar-refractivity contribution < 1.29 is 15.0 Å². The fourth-order valence-corrected chi connectivity index (χ4v) is 8.80. The van der Waals surface area contributed by atoms with Crippen LogP contribution >= 0.6 is 0 Å². The molecule has 4 rings (SSSR count). The van der Waals surface area contributed by atoms with Crippen LogP contribution < -0.4 is 0 Å². The summed E-state index contributed by atoms with van der Waals surface area (Å²) in [5.41, 5.74) is 4.26. The zero-order valence-electron chi connectivity index (χ0n) is 22.0. The average Bonchev–Trinajstić information content (AvgIpc) is 3.02. The van der Waals surface area contributed by atoms with Gasteiger partial charge < -0.3 is 10.2 Å². The minimum atomic E-state index is -0.803. The molecule has 0 aliphatic heterocycles. The number of aliphatic hydroxyl groups excluding tert-OH is 1. The van der Waals surface area contributed by atoms with Crippen molar-refractivity contribution in [2.24, 2.45) is 39.4 Å². The van der Waals surface area contributed by atoms with Crippen molar-refractivity contribution in [2.75, 3.05) is 0 Å². The second-order valence-corrected chi connectivity index (χ2v) is 13.2. The summed E-state index contributed by atoms with van der Waals surface area (Å²) >= 11 is 0. The molecular weight excluding hydrogens is 408 g/mol. The van der Waals surface area contributed by atoms with Crippen molar-refractivity contribution in [2.45, 2.75) is 106 Å². The third-order valence-electron chi connectivity index (χ3n) is 11.4. The molecule has 0 aromatic rings. The molecule has 1 unspecified atom stereocenters. The standard InChI is InChI=1S/C30H46O3/c1-19(9-8-10-20(2)26(32)33)21-13-17-30(7)23-11-12-24-27(3,4)25(31)15-16-28(24,5)22(23)14-18-29(21,30)6/h10-11,14,19,21,24-25,31H,8-9,12-13,15-18H2,1-7H3,(H,32,33)/b20-10+/t19-,21-,24?,25+,28-,29-,30+/m1/s1. The maximum absolute atomic E-state index is 11.1. The molecule has 0 saturated heterocycles. The lowest BCUT2D eigenvalue weighted by Crippen LogP contribution is -2.54. The molecule has 0 bridgehead atoms. The van der Waals surface area contributed by atoms with Crippen molar-refractivity contribution in [3.05, 3.63) is 34.9 Å². The second-order valence-electron chi connectivity index (χ2n) is 13.2. The monoisotopic (exact) mass is 454 g/mol. The molecule has 33 heavy (non-hydrogen) atoms. The van der Waals surface area contributed by atoms with Crippen molar-refractivity contribution in [3.63, 3.8) is 0 Å². The van der Waals surface area contributed by atoms with Crippen molar-refractivity contribution in [3.8, 4) is 0 Å². The quantitative estimate of drug-likeness (QED) is 0.428. The highest BCUT2D eigenvalue weighted by Crippen LogP contribution is 2.71. The van der Waals surface area contributed by atoms with Crippen LogP contribution in [0, 0.1) is 39.4 Å². The van der Waals surface area contributed by atoms with E-state index in [1.54, 1.807) is 18.1 Å². The Morgan fingerprint density at radius 1 is 1.12 bits per heavy atom. The van der Waals surface area contributed by atoms with Crippen molar-refractivity contribution in [1.29, 1.82) is 0 Å². The number of fused-ring (bicyclic) bond motifs is 5. The number of hydrogen-bond donors (Lipinski definition) is 2. The summed E-state index contributed by atoms with van der Waals surface area (Å²) in [6.45, 7) is 16.2. The molecule has 0 radical (unpaired) electrons. The summed E-state index contributed by atoms with van der Waals surface area (Å²) in [7, 11) is 0. The number of allylic oxidation sites excluding steroid dienone is 5. The Kier molecular flexibility index (Phi) is 6.08. The summed E-state index contributed by atoms with van der Waals surface area (Å²) in [4.78, 5) is 11.1. The predicted molar refractivity (Wildman–Crippen MR) is 135 cm³/mol. The Hall–Kier alpha value is -1.35. The molecular formula is C30H46O3. The molecule has 0 amide bonds. The topological polar surface area (TPSA) is 57.5 Å². The number of carbonyl (C=O) groups is 1. The van der Waals surface area contributed by atoms with E-state index in [0.29, 0.717) is 23.3 Å². The van der Waals surface area contributed by atoms with Gasteiger partial charge in [-0.05, 0) is 109 Å². The van der Waals surface area contributed by atoms with Gasteiger partial charge >= 0.3 is 5.97 Å². The fourth-order valence-electron chi connectivity index (χ4n) is 8.80. The van der Waals surface area contributed by atoms with Gasteiger partial charge in [-0.1, -0.05) is 59.8 Å². The first kappa shape index (κ1) is 24.8. The highest BCUT2D eigenvalue weighted by atomic mass is 16.4. The molecule has 2 saturated carbocycles. The number of aliphatic carboxylic acids is 1. The maximum Gasteiger partial charge on any atom is 0.330 e. The molecule has 4 aliphatic carbocycles. The lowest BCUT2D eigenvalue weighted by molar-refractivity contribution is -0.132. The van der Waals surface area contributed by atoms with E-state index in [9.17, 15) is 9.90 Å². The summed E-state index contributed by atoms with van der Waals surface area (Å²) in [5.74, 6) is 0.940. The summed E-state index contributed by atoms with van der Waals surface area (Å²) in [6, 6.07) is 0. The fraction of sp³-hybridized carbons (Fsp3) is 0.767. The van der Waals surface area contributed by atoms with Gasteiger partial charge in [-0.15, -0.1) is 0 Å². The normalized spacial score (nSPS) is 43.0. The minimum absolute atomic E-state index is 0.0498. The van der Waals surface area contributed by atoms with Crippen LogP contribution in [0.25, 0.3) is 0 Å². The number of hydrogen-bond acceptors (Lipinski definition) is 2. The largest absolute Gasteiger partial charge is 0.478 e. The molecule has 3 heteroatoms. The average molecular weight is 455 g/mol. The summed E-state index contributed by atoms with van der Waals surface area (Å²) in [6.07, 6.45) is 15.5. The third kappa shape index (κ3) is 3.51. The van der Waals surface area contributed by atoms with Gasteiger partial charge in [0, 0.05) is 5.57 Å². The Morgan fingerprint density at radius 3 is 2.48 bits per heavy atom. The van der Waals surface area contributed by atoms with Crippen LogP contribution in [0.2, 0.25) is 0 Å². The Morgan fingerprint density at radius 2 is 1.82 bits per heavy atom. The number of aliphatic hydroxyl groups is 1. The van der Waals surface area contributed by atoms with Crippen LogP contribution in [-0.4, -0.2) is 22.3 Å². The van der Waals surface area contributed by atoms with Crippen LogP contribution in [0.5, 0.6) is 0 Å². The van der Waals surface area contributed by atoms with Gasteiger partial charge in [-0.3, -0.25) is 0 Å². The minimum Gasteiger partial charge on any atom is -0.478 e. The third-order valence-corrected chi connectivity index (χ3v) is 11.4. The van der Waals surface area contributed by atoms with E-state index in [1.165, 1.54) is 12.8 Å². The van der Waals surface area contributed by atoms with Crippen molar-refractivity contribution in [1.82, 2.24) is 0 Å². The predicted octanol–water partition coefficient (Wildman–Crippen LogP) is 7.32. The number of rotatable bonds is 5. The molecule has 0 aromatic heterocycles. The maximum atomic E-state index is 11.1. The Bertz CT molecular complexity index is 908. The van der Waals surface area contributed by atoms with Crippen LogP contribution in [0.3, 0.4) is 0 Å². The second kappa shape index (κ2) is 8.11. The lowest BCUT2D eigenvalue weighted by atomic mass is 9.44. The van der Waals surface area contributed by atoms with E-state index >= 15 is 0 Å². The van der Waals surface area contributed by atoms with Crippen LogP contribution in [0.15, 0.2) is 34.9 Å². The van der Waals surface area contributed by atoms with E-state index in [2.05, 4.69) is 53.7 Å². The molecule has 2 fully saturated rings. The Balaban J connectivity index is 1.61. The highest BCUT2D eigenvalue weighted by Gasteiger charge is 2.62. The zero-order valence-corrected chi connectivity index (χ0v) is 22.0. The zero-order chi connectivity index (χ0) is 24.4. The summed E-state index contributed by atoms with van der Waals surface area (Å²) < 4.78 is 0. The van der Waals surface area contributed by atoms with Gasteiger partial charge in [-0.25, -0.2) is 4.79 Å². The molecule has 0 spiro atoms. The van der Waals surface area contributed by atoms with Gasteiger partial charge in [0.2, 0.25) is 0 Å². The summed E-state index contributed by atoms with van der Waals surface area (Å²) in [5, 5.41) is 19.9. The van der Waals surface area contributed by atoms with E-state index in [4.69, 9.17) is 5.11 Å². The first-order valence-electron chi connectivity index (χ1n) is 13.3. The van der Waals surface area contributed by atoms with Gasteiger partial charge in [0.25, 0.3) is 0 Å². The molecule has 184 valence electrons. The first-order chi connectivity index (χ1) is 15.3. The molecule has 2 N–H and O–H groups in total. The SMILES string of the molecule is C/C(=C\CC[C@@H](C)[C@H]1CC[C@@]2(C)C3=CCC4C(C)(C)[C@@H](O)CC[C@]4(C)C3=CC[C@]12C)C(=O)O. The van der Waals surface area contributed by atoms with Gasteiger partial charge in [-0.2, -0.15) is 0 Å². The first-order valence-corrected chi connectivity index (χ1v) is 13.3. The van der Waals surface area contributed by atoms with E-state index in [0.717, 1.165) is 38.5 Å². The Labute approximate surface area is 201 Å². The van der Waals surface area contributed by atoms with Crippen LogP contribution in [0.4, 0.5) is 0 Å². The van der Waals surface area contributed by atoms with Gasteiger partial charge in [0.05, 0.1) is 6.10 Å². The van der Waals surface area contributed by atoms with Crippen LogP contribution in [0.1, 0.15) is 99.8 Å². The molecule has 0 heterocycles. The number of carboxylic acids is 1. The molecule has 4 aliphatic rings. The molecule has 7 atom stereocenters. The van der Waals surface area contributed by atoms with E-state index in [-0.39, 0.29) is 27.8 Å². The lowest BCUT2D eigenvalue weighted by Gasteiger charge is -2.61. The smallest absolute Gasteiger partial charge is 0.330 e. The van der Waals surface area contributed by atoms with E-state index in [1.807, 2.05) is 6.08 Å². The van der Waals surface area contributed by atoms with Crippen LogP contribution in [-0.2, 0) is 4.79 Å². The highest BCUT2D eigenvalue weighted by molar-refractivity contribution is 5.85. The van der Waals surface area contributed by atoms with Crippen molar-refractivity contribution >= 4 is 5.97 Å². The van der Waals surface area contributed by atoms with Gasteiger partial charge in [0.15, 0.2) is 0 Å². The van der Waals surface area contributed by atoms with E-state index < -0.39 is 5.97 Å².